The average molecular weight is 240 g/mol. The maximum atomic E-state index is 11.8. The van der Waals surface area contributed by atoms with Crippen LogP contribution in [0.1, 0.15) is 5.56 Å². The van der Waals surface area contributed by atoms with Crippen molar-refractivity contribution in [2.45, 2.75) is 11.8 Å². The van der Waals surface area contributed by atoms with Crippen molar-refractivity contribution in [3.8, 4) is 0 Å². The Morgan fingerprint density at radius 1 is 1.44 bits per heavy atom. The van der Waals surface area contributed by atoms with E-state index in [0.717, 1.165) is 0 Å². The number of sulfonamides is 1. The van der Waals surface area contributed by atoms with Crippen LogP contribution in [0.3, 0.4) is 0 Å². The molecular formula is C9H12N4O2S. The van der Waals surface area contributed by atoms with Gasteiger partial charge in [-0.25, -0.2) is 13.1 Å². The van der Waals surface area contributed by atoms with E-state index >= 15 is 0 Å². The summed E-state index contributed by atoms with van der Waals surface area (Å²) < 4.78 is 25.9. The van der Waals surface area contributed by atoms with E-state index in [9.17, 15) is 8.42 Å². The van der Waals surface area contributed by atoms with E-state index in [0.29, 0.717) is 5.56 Å². The Morgan fingerprint density at radius 3 is 2.75 bits per heavy atom. The van der Waals surface area contributed by atoms with Crippen LogP contribution >= 0.6 is 0 Å². The summed E-state index contributed by atoms with van der Waals surface area (Å²) >= 11 is 0. The van der Waals surface area contributed by atoms with Crippen molar-refractivity contribution < 1.29 is 8.42 Å². The molecule has 0 aromatic heterocycles. The van der Waals surface area contributed by atoms with Gasteiger partial charge < -0.3 is 0 Å². The normalized spacial score (nSPS) is 10.8. The Bertz CT molecular complexity index is 506. The van der Waals surface area contributed by atoms with Gasteiger partial charge in [-0.2, -0.15) is 0 Å². The van der Waals surface area contributed by atoms with Crippen LogP contribution in [0, 0.1) is 6.92 Å². The minimum atomic E-state index is -3.50. The van der Waals surface area contributed by atoms with Crippen molar-refractivity contribution in [1.82, 2.24) is 4.72 Å². The fourth-order valence-corrected chi connectivity index (χ4v) is 2.48. The first-order chi connectivity index (χ1) is 7.58. The van der Waals surface area contributed by atoms with Gasteiger partial charge in [0.1, 0.15) is 0 Å². The van der Waals surface area contributed by atoms with Gasteiger partial charge >= 0.3 is 0 Å². The van der Waals surface area contributed by atoms with Gasteiger partial charge in [-0.1, -0.05) is 23.3 Å². The lowest BCUT2D eigenvalue weighted by Gasteiger charge is -2.07. The van der Waals surface area contributed by atoms with Crippen LogP contribution in [0.4, 0.5) is 0 Å². The Balaban J connectivity index is 2.79. The zero-order chi connectivity index (χ0) is 12.0. The molecule has 0 aliphatic heterocycles. The minimum absolute atomic E-state index is 0.0979. The third-order valence-electron chi connectivity index (χ3n) is 1.95. The molecule has 0 atom stereocenters. The van der Waals surface area contributed by atoms with E-state index < -0.39 is 10.0 Å². The Labute approximate surface area is 94.0 Å². The van der Waals surface area contributed by atoms with Crippen molar-refractivity contribution in [3.05, 3.63) is 40.3 Å². The lowest BCUT2D eigenvalue weighted by atomic mass is 10.2. The third-order valence-corrected chi connectivity index (χ3v) is 3.57. The molecule has 1 aromatic rings. The summed E-state index contributed by atoms with van der Waals surface area (Å²) in [6.45, 7) is 1.92. The van der Waals surface area contributed by atoms with E-state index in [1.54, 1.807) is 25.1 Å². The largest absolute Gasteiger partial charge is 0.240 e. The first-order valence-electron chi connectivity index (χ1n) is 4.64. The van der Waals surface area contributed by atoms with Crippen LogP contribution < -0.4 is 4.72 Å². The lowest BCUT2D eigenvalue weighted by molar-refractivity contribution is 0.581. The summed E-state index contributed by atoms with van der Waals surface area (Å²) in [6, 6.07) is 6.69. The summed E-state index contributed by atoms with van der Waals surface area (Å²) in [6.07, 6.45) is 0. The number of rotatable bonds is 5. The van der Waals surface area contributed by atoms with Gasteiger partial charge in [0, 0.05) is 18.0 Å². The summed E-state index contributed by atoms with van der Waals surface area (Å²) in [4.78, 5) is 2.78. The number of nitrogens with one attached hydrogen (secondary N) is 1. The fourth-order valence-electron chi connectivity index (χ4n) is 1.21. The van der Waals surface area contributed by atoms with Crippen molar-refractivity contribution >= 4 is 10.0 Å². The Morgan fingerprint density at radius 2 is 2.12 bits per heavy atom. The molecule has 0 aliphatic carbocycles. The number of aryl methyl sites for hydroxylation is 1. The molecule has 0 spiro atoms. The molecule has 0 saturated carbocycles. The lowest BCUT2D eigenvalue weighted by Crippen LogP contribution is -2.26. The number of benzene rings is 1. The molecule has 6 nitrogen and oxygen atoms in total. The molecular weight excluding hydrogens is 228 g/mol. The van der Waals surface area contributed by atoms with Gasteiger partial charge in [0.2, 0.25) is 10.0 Å². The van der Waals surface area contributed by atoms with Crippen LogP contribution in [-0.2, 0) is 10.0 Å². The zero-order valence-corrected chi connectivity index (χ0v) is 9.61. The minimum Gasteiger partial charge on any atom is -0.211 e. The highest BCUT2D eigenvalue weighted by atomic mass is 32.2. The topological polar surface area (TPSA) is 94.9 Å². The molecule has 0 bridgehead atoms. The maximum Gasteiger partial charge on any atom is 0.240 e. The van der Waals surface area contributed by atoms with Crippen LogP contribution in [-0.4, -0.2) is 21.5 Å². The van der Waals surface area contributed by atoms with E-state index in [2.05, 4.69) is 14.7 Å². The summed E-state index contributed by atoms with van der Waals surface area (Å²) in [7, 11) is -3.50. The Hall–Kier alpha value is -1.56. The molecule has 0 saturated heterocycles. The second-order valence-corrected chi connectivity index (χ2v) is 4.85. The average Bonchev–Trinajstić information content (AvgIpc) is 2.25. The Kier molecular flexibility index (Phi) is 4.30. The van der Waals surface area contributed by atoms with Crippen LogP contribution in [0.25, 0.3) is 10.4 Å². The molecule has 0 heterocycles. The fraction of sp³-hybridized carbons (Fsp3) is 0.333. The van der Waals surface area contributed by atoms with Crippen molar-refractivity contribution in [2.75, 3.05) is 13.1 Å². The van der Waals surface area contributed by atoms with Gasteiger partial charge in [-0.05, 0) is 24.1 Å². The van der Waals surface area contributed by atoms with E-state index in [4.69, 9.17) is 5.53 Å². The molecule has 86 valence electrons. The molecule has 0 radical (unpaired) electrons. The highest BCUT2D eigenvalue weighted by Crippen LogP contribution is 2.13. The maximum absolute atomic E-state index is 11.8. The number of hydrogen-bond donors (Lipinski definition) is 1. The van der Waals surface area contributed by atoms with E-state index in [-0.39, 0.29) is 18.0 Å². The van der Waals surface area contributed by atoms with Gasteiger partial charge in [0.05, 0.1) is 4.90 Å². The zero-order valence-electron chi connectivity index (χ0n) is 8.79. The monoisotopic (exact) mass is 240 g/mol. The van der Waals surface area contributed by atoms with Gasteiger partial charge in [-0.3, -0.25) is 0 Å². The van der Waals surface area contributed by atoms with E-state index in [1.807, 2.05) is 0 Å². The number of hydrogen-bond acceptors (Lipinski definition) is 3. The molecule has 1 rings (SSSR count). The quantitative estimate of drug-likeness (QED) is 0.366. The van der Waals surface area contributed by atoms with Crippen LogP contribution in [0.2, 0.25) is 0 Å². The predicted molar refractivity (Wildman–Crippen MR) is 60.4 cm³/mol. The molecule has 0 amide bonds. The van der Waals surface area contributed by atoms with Crippen molar-refractivity contribution in [1.29, 1.82) is 0 Å². The number of azide groups is 1. The van der Waals surface area contributed by atoms with Crippen molar-refractivity contribution in [3.63, 3.8) is 0 Å². The summed E-state index contributed by atoms with van der Waals surface area (Å²) in [5, 5.41) is 3.24. The summed E-state index contributed by atoms with van der Waals surface area (Å²) in [5.74, 6) is 0. The smallest absolute Gasteiger partial charge is 0.211 e. The summed E-state index contributed by atoms with van der Waals surface area (Å²) in [5.41, 5.74) is 8.72. The molecule has 0 fully saturated rings. The standard InChI is InChI=1S/C9H12N4O2S/c1-8-4-2-3-5-9(8)16(14,15)12-7-6-11-13-10/h2-5,12H,6-7H2,1H3. The van der Waals surface area contributed by atoms with Crippen LogP contribution in [0.5, 0.6) is 0 Å². The molecule has 1 aromatic carbocycles. The van der Waals surface area contributed by atoms with Crippen LogP contribution in [0.15, 0.2) is 34.3 Å². The molecule has 7 heteroatoms. The predicted octanol–water partition coefficient (Wildman–Crippen LogP) is 1.58. The molecule has 0 aliphatic rings. The molecule has 0 unspecified atom stereocenters. The highest BCUT2D eigenvalue weighted by Gasteiger charge is 2.14. The highest BCUT2D eigenvalue weighted by molar-refractivity contribution is 7.89. The SMILES string of the molecule is Cc1ccccc1S(=O)(=O)NCCN=[N+]=[N-]. The van der Waals surface area contributed by atoms with Gasteiger partial charge in [0.25, 0.3) is 0 Å². The second-order valence-electron chi connectivity index (χ2n) is 3.12. The first kappa shape index (κ1) is 12.5. The van der Waals surface area contributed by atoms with Crippen molar-refractivity contribution in [2.24, 2.45) is 5.11 Å². The number of nitrogens with zero attached hydrogens (tertiary/aromatic N) is 3. The third kappa shape index (κ3) is 3.23. The molecule has 1 N–H and O–H groups in total. The van der Waals surface area contributed by atoms with Gasteiger partial charge in [-0.15, -0.1) is 0 Å². The molecule has 16 heavy (non-hydrogen) atoms. The van der Waals surface area contributed by atoms with E-state index in [1.165, 1.54) is 6.07 Å². The first-order valence-corrected chi connectivity index (χ1v) is 6.12. The second kappa shape index (κ2) is 5.50. The van der Waals surface area contributed by atoms with Gasteiger partial charge in [0.15, 0.2) is 0 Å².